The predicted octanol–water partition coefficient (Wildman–Crippen LogP) is 3.94. The molecule has 4 rings (SSSR count). The molecule has 30 heavy (non-hydrogen) atoms. The van der Waals surface area contributed by atoms with Gasteiger partial charge in [-0.05, 0) is 87.6 Å². The molecule has 0 saturated heterocycles. The van der Waals surface area contributed by atoms with E-state index in [0.717, 1.165) is 48.4 Å². The maximum atomic E-state index is 13.0. The van der Waals surface area contributed by atoms with Gasteiger partial charge in [-0.25, -0.2) is 8.42 Å². The molecule has 1 saturated carbocycles. The summed E-state index contributed by atoms with van der Waals surface area (Å²) in [5, 5.41) is 0. The molecule has 1 aliphatic heterocycles. The van der Waals surface area contributed by atoms with Crippen LogP contribution in [0.4, 0.5) is 17.1 Å². The summed E-state index contributed by atoms with van der Waals surface area (Å²) in [5.41, 5.74) is 4.31. The van der Waals surface area contributed by atoms with Crippen LogP contribution < -0.4 is 14.5 Å². The molecule has 1 heterocycles. The average Bonchev–Trinajstić information content (AvgIpc) is 3.49. The Bertz CT molecular complexity index is 1070. The smallest absolute Gasteiger partial charge is 0.261 e. The van der Waals surface area contributed by atoms with Gasteiger partial charge in [0.05, 0.1) is 10.6 Å². The second kappa shape index (κ2) is 7.95. The molecule has 1 N–H and O–H groups in total. The van der Waals surface area contributed by atoms with Crippen LogP contribution >= 0.6 is 0 Å². The van der Waals surface area contributed by atoms with Crippen molar-refractivity contribution in [3.8, 4) is 0 Å². The van der Waals surface area contributed by atoms with Crippen LogP contribution in [0.3, 0.4) is 0 Å². The highest BCUT2D eigenvalue weighted by Crippen LogP contribution is 2.37. The van der Waals surface area contributed by atoms with Gasteiger partial charge in [-0.1, -0.05) is 0 Å². The fourth-order valence-electron chi connectivity index (χ4n) is 4.08. The zero-order chi connectivity index (χ0) is 21.5. The Morgan fingerprint density at radius 1 is 1.13 bits per heavy atom. The van der Waals surface area contributed by atoms with Gasteiger partial charge in [-0.15, -0.1) is 0 Å². The minimum atomic E-state index is -3.71. The number of hydrogen-bond acceptors (Lipinski definition) is 4. The predicted molar refractivity (Wildman–Crippen MR) is 121 cm³/mol. The van der Waals surface area contributed by atoms with E-state index in [-0.39, 0.29) is 16.7 Å². The third-order valence-electron chi connectivity index (χ3n) is 6.03. The molecule has 2 aromatic carbocycles. The zero-order valence-corrected chi connectivity index (χ0v) is 18.6. The summed E-state index contributed by atoms with van der Waals surface area (Å²) < 4.78 is 28.8. The zero-order valence-electron chi connectivity index (χ0n) is 17.8. The van der Waals surface area contributed by atoms with E-state index in [1.165, 1.54) is 0 Å². The van der Waals surface area contributed by atoms with Gasteiger partial charge in [0.2, 0.25) is 5.91 Å². The van der Waals surface area contributed by atoms with Crippen molar-refractivity contribution in [2.45, 2.75) is 44.9 Å². The van der Waals surface area contributed by atoms with Crippen LogP contribution in [0.15, 0.2) is 41.3 Å². The van der Waals surface area contributed by atoms with E-state index in [4.69, 9.17) is 0 Å². The number of aryl methyl sites for hydroxylation is 1. The lowest BCUT2D eigenvalue weighted by atomic mass is 10.1. The number of carbonyl (C=O) groups is 1. The van der Waals surface area contributed by atoms with Crippen molar-refractivity contribution in [2.75, 3.05) is 34.2 Å². The highest BCUT2D eigenvalue weighted by atomic mass is 32.2. The maximum Gasteiger partial charge on any atom is 0.261 e. The number of carbonyl (C=O) groups excluding carboxylic acids is 1. The third-order valence-corrected chi connectivity index (χ3v) is 7.40. The van der Waals surface area contributed by atoms with Gasteiger partial charge in [0.25, 0.3) is 10.0 Å². The topological polar surface area (TPSA) is 69.7 Å². The molecule has 7 heteroatoms. The molecule has 2 aliphatic rings. The Hall–Kier alpha value is -2.54. The van der Waals surface area contributed by atoms with Crippen LogP contribution in [-0.4, -0.2) is 34.0 Å². The van der Waals surface area contributed by atoms with Crippen molar-refractivity contribution in [2.24, 2.45) is 5.92 Å². The third kappa shape index (κ3) is 3.90. The van der Waals surface area contributed by atoms with Crippen molar-refractivity contribution in [3.05, 3.63) is 47.5 Å². The minimum absolute atomic E-state index is 0.156. The SMILES string of the molecule is CCN(CC)c1ccc(NS(=O)(=O)c2ccc3c(c2)CCN3C(=O)C2CC2)c(C)c1. The minimum Gasteiger partial charge on any atom is -0.372 e. The van der Waals surface area contributed by atoms with Gasteiger partial charge in [0.1, 0.15) is 0 Å². The Kier molecular flexibility index (Phi) is 5.49. The Morgan fingerprint density at radius 2 is 1.87 bits per heavy atom. The highest BCUT2D eigenvalue weighted by molar-refractivity contribution is 7.92. The normalized spacial score (nSPS) is 15.8. The first-order valence-corrected chi connectivity index (χ1v) is 12.1. The largest absolute Gasteiger partial charge is 0.372 e. The van der Waals surface area contributed by atoms with E-state index in [1.807, 2.05) is 30.0 Å². The maximum absolute atomic E-state index is 13.0. The Balaban J connectivity index is 1.55. The number of nitrogens with zero attached hydrogens (tertiary/aromatic N) is 2. The van der Waals surface area contributed by atoms with Crippen molar-refractivity contribution in [3.63, 3.8) is 0 Å². The lowest BCUT2D eigenvalue weighted by Crippen LogP contribution is -2.30. The van der Waals surface area contributed by atoms with E-state index in [9.17, 15) is 13.2 Å². The van der Waals surface area contributed by atoms with Gasteiger partial charge in [0, 0.05) is 36.9 Å². The first kappa shape index (κ1) is 20.7. The fraction of sp³-hybridized carbons (Fsp3) is 0.435. The number of nitrogens with one attached hydrogen (secondary N) is 1. The molecule has 0 spiro atoms. The second-order valence-electron chi connectivity index (χ2n) is 8.08. The monoisotopic (exact) mass is 427 g/mol. The second-order valence-corrected chi connectivity index (χ2v) is 9.76. The summed E-state index contributed by atoms with van der Waals surface area (Å²) in [5.74, 6) is 0.328. The highest BCUT2D eigenvalue weighted by Gasteiger charge is 2.36. The quantitative estimate of drug-likeness (QED) is 0.727. The van der Waals surface area contributed by atoms with Crippen LogP contribution in [0.25, 0.3) is 0 Å². The number of fused-ring (bicyclic) bond motifs is 1. The van der Waals surface area contributed by atoms with Gasteiger partial charge >= 0.3 is 0 Å². The average molecular weight is 428 g/mol. The number of sulfonamides is 1. The lowest BCUT2D eigenvalue weighted by Gasteiger charge is -2.22. The van der Waals surface area contributed by atoms with Gasteiger partial charge in [-0.3, -0.25) is 9.52 Å². The summed E-state index contributed by atoms with van der Waals surface area (Å²) >= 11 is 0. The molecular weight excluding hydrogens is 398 g/mol. The summed E-state index contributed by atoms with van der Waals surface area (Å²) in [7, 11) is -3.71. The molecule has 1 aliphatic carbocycles. The fourth-order valence-corrected chi connectivity index (χ4v) is 5.26. The molecule has 2 aromatic rings. The Labute approximate surface area is 178 Å². The molecule has 0 unspecified atom stereocenters. The van der Waals surface area contributed by atoms with Crippen LogP contribution in [0.5, 0.6) is 0 Å². The molecule has 160 valence electrons. The molecular formula is C23H29N3O3S. The molecule has 0 radical (unpaired) electrons. The van der Waals surface area contributed by atoms with Crippen LogP contribution in [0.2, 0.25) is 0 Å². The van der Waals surface area contributed by atoms with Crippen LogP contribution in [0, 0.1) is 12.8 Å². The summed E-state index contributed by atoms with van der Waals surface area (Å²) in [4.78, 5) is 16.7. The molecule has 0 bridgehead atoms. The van der Waals surface area contributed by atoms with E-state index in [0.29, 0.717) is 18.7 Å². The summed E-state index contributed by atoms with van der Waals surface area (Å²) in [6.45, 7) is 8.54. The molecule has 6 nitrogen and oxygen atoms in total. The first-order chi connectivity index (χ1) is 14.3. The molecule has 1 fully saturated rings. The number of amides is 1. The van der Waals surface area contributed by atoms with Crippen LogP contribution in [-0.2, 0) is 21.2 Å². The number of hydrogen-bond donors (Lipinski definition) is 1. The van der Waals surface area contributed by atoms with Crippen LogP contribution in [0.1, 0.15) is 37.8 Å². The van der Waals surface area contributed by atoms with E-state index >= 15 is 0 Å². The number of rotatable bonds is 7. The number of benzene rings is 2. The van der Waals surface area contributed by atoms with Gasteiger partial charge in [0.15, 0.2) is 0 Å². The van der Waals surface area contributed by atoms with Gasteiger partial charge in [-0.2, -0.15) is 0 Å². The number of anilines is 3. The standard InChI is InChI=1S/C23H29N3O3S/c1-4-25(5-2)19-8-10-21(16(3)14-19)24-30(28,29)20-9-11-22-18(15-20)12-13-26(22)23(27)17-6-7-17/h8-11,14-15,17,24H,4-7,12-13H2,1-3H3. The first-order valence-electron chi connectivity index (χ1n) is 10.7. The van der Waals surface area contributed by atoms with E-state index in [1.54, 1.807) is 18.2 Å². The molecule has 1 amide bonds. The summed E-state index contributed by atoms with van der Waals surface area (Å²) in [6, 6.07) is 10.9. The summed E-state index contributed by atoms with van der Waals surface area (Å²) in [6.07, 6.45) is 2.62. The van der Waals surface area contributed by atoms with Gasteiger partial charge < -0.3 is 9.80 Å². The Morgan fingerprint density at radius 3 is 2.50 bits per heavy atom. The molecule has 0 atom stereocenters. The van der Waals surface area contributed by atoms with E-state index < -0.39 is 10.0 Å². The van der Waals surface area contributed by atoms with Crippen molar-refractivity contribution < 1.29 is 13.2 Å². The van der Waals surface area contributed by atoms with E-state index in [2.05, 4.69) is 23.5 Å². The lowest BCUT2D eigenvalue weighted by molar-refractivity contribution is -0.119. The van der Waals surface area contributed by atoms with Crippen molar-refractivity contribution in [1.29, 1.82) is 0 Å². The van der Waals surface area contributed by atoms with Crippen molar-refractivity contribution >= 4 is 33.0 Å². The molecule has 0 aromatic heterocycles. The van der Waals surface area contributed by atoms with Crippen molar-refractivity contribution in [1.82, 2.24) is 0 Å².